The fraction of sp³-hybridized carbons (Fsp3) is 0.833. The van der Waals surface area contributed by atoms with Gasteiger partial charge in [0.2, 0.25) is 7.12 Å². The van der Waals surface area contributed by atoms with Crippen molar-refractivity contribution in [3.05, 3.63) is 12.1 Å². The van der Waals surface area contributed by atoms with Gasteiger partial charge in [0.25, 0.3) is 0 Å². The number of unbranched alkanes of at least 4 members (excludes halogenated alkanes) is 2. The van der Waals surface area contributed by atoms with Crippen LogP contribution in [0.4, 0.5) is 0 Å². The smallest absolute Gasteiger partial charge is 0.210 e. The maximum absolute atomic E-state index is 11.5. The molecule has 0 spiro atoms. The minimum Gasteiger partial charge on any atom is -0.853 e. The largest absolute Gasteiger partial charge is 0.853 e. The first kappa shape index (κ1) is 15.7. The lowest BCUT2D eigenvalue weighted by atomic mass is 9.83. The standard InChI is InChI=1S/C12H24BO3/c1-6-7-8-9-10-13(15)16-12(4,5)11(2,3)14/h9-10,14H,6-8H2,1-5H3/q-1/b10-9+. The van der Waals surface area contributed by atoms with Crippen LogP contribution in [0.1, 0.15) is 53.9 Å². The minimum absolute atomic E-state index is 0.853. The van der Waals surface area contributed by atoms with Gasteiger partial charge in [-0.15, -0.1) is 5.98 Å². The third-order valence-corrected chi connectivity index (χ3v) is 2.90. The molecule has 4 heteroatoms. The maximum Gasteiger partial charge on any atom is 0.210 e. The zero-order valence-electron chi connectivity index (χ0n) is 11.1. The van der Waals surface area contributed by atoms with E-state index in [0.717, 1.165) is 19.3 Å². The normalized spacial score (nSPS) is 13.4. The molecule has 0 atom stereocenters. The summed E-state index contributed by atoms with van der Waals surface area (Å²) in [5, 5.41) is 21.3. The van der Waals surface area contributed by atoms with E-state index in [9.17, 15) is 10.1 Å². The van der Waals surface area contributed by atoms with Crippen molar-refractivity contribution in [1.82, 2.24) is 0 Å². The summed E-state index contributed by atoms with van der Waals surface area (Å²) < 4.78 is 5.29. The van der Waals surface area contributed by atoms with Gasteiger partial charge in [-0.3, -0.25) is 0 Å². The van der Waals surface area contributed by atoms with Crippen molar-refractivity contribution in [2.75, 3.05) is 0 Å². The average molecular weight is 227 g/mol. The molecule has 0 aliphatic carbocycles. The van der Waals surface area contributed by atoms with Crippen LogP contribution in [-0.2, 0) is 4.65 Å². The Bertz CT molecular complexity index is 219. The summed E-state index contributed by atoms with van der Waals surface area (Å²) in [5.41, 5.74) is -1.89. The second-order valence-corrected chi connectivity index (χ2v) is 5.13. The number of hydrogen-bond donors (Lipinski definition) is 1. The highest BCUT2D eigenvalue weighted by Gasteiger charge is 2.35. The van der Waals surface area contributed by atoms with E-state index in [0.29, 0.717) is 0 Å². The van der Waals surface area contributed by atoms with Crippen LogP contribution in [0, 0.1) is 0 Å². The van der Waals surface area contributed by atoms with E-state index < -0.39 is 18.3 Å². The Balaban J connectivity index is 4.13. The summed E-state index contributed by atoms with van der Waals surface area (Å²) in [6, 6.07) is 0. The van der Waals surface area contributed by atoms with Crippen molar-refractivity contribution in [2.45, 2.75) is 65.1 Å². The molecule has 0 saturated carbocycles. The Kier molecular flexibility index (Phi) is 6.30. The number of aliphatic hydroxyl groups is 1. The van der Waals surface area contributed by atoms with Gasteiger partial charge in [0.05, 0.1) is 11.2 Å². The highest BCUT2D eigenvalue weighted by molar-refractivity contribution is 6.47. The van der Waals surface area contributed by atoms with Crippen LogP contribution < -0.4 is 5.02 Å². The van der Waals surface area contributed by atoms with E-state index in [1.54, 1.807) is 27.7 Å². The molecule has 0 fully saturated rings. The summed E-state index contributed by atoms with van der Waals surface area (Å²) >= 11 is 0. The molecule has 0 aromatic rings. The Morgan fingerprint density at radius 2 is 1.88 bits per heavy atom. The number of hydrogen-bond acceptors (Lipinski definition) is 3. The van der Waals surface area contributed by atoms with E-state index in [-0.39, 0.29) is 0 Å². The first-order chi connectivity index (χ1) is 7.20. The molecule has 0 aromatic heterocycles. The molecule has 0 radical (unpaired) electrons. The first-order valence-corrected chi connectivity index (χ1v) is 5.93. The van der Waals surface area contributed by atoms with Crippen LogP contribution in [0.5, 0.6) is 0 Å². The molecule has 16 heavy (non-hydrogen) atoms. The Morgan fingerprint density at radius 1 is 1.31 bits per heavy atom. The van der Waals surface area contributed by atoms with Crippen LogP contribution in [0.2, 0.25) is 0 Å². The fourth-order valence-electron chi connectivity index (χ4n) is 1.00. The summed E-state index contributed by atoms with van der Waals surface area (Å²) in [5.74, 6) is 1.52. The molecule has 0 heterocycles. The molecular formula is C12H24BO3-. The Hall–Kier alpha value is -0.315. The molecule has 0 bridgehead atoms. The monoisotopic (exact) mass is 227 g/mol. The minimum atomic E-state index is -1.21. The van der Waals surface area contributed by atoms with E-state index >= 15 is 0 Å². The molecule has 0 amide bonds. The molecule has 0 saturated heterocycles. The molecule has 0 aliphatic rings. The van der Waals surface area contributed by atoms with Crippen LogP contribution in [0.15, 0.2) is 12.1 Å². The molecule has 1 N–H and O–H groups in total. The second kappa shape index (κ2) is 6.43. The number of rotatable bonds is 7. The van der Waals surface area contributed by atoms with E-state index in [2.05, 4.69) is 6.92 Å². The summed E-state index contributed by atoms with van der Waals surface area (Å²) in [7, 11) is -1.21. The molecule has 0 aromatic carbocycles. The van der Waals surface area contributed by atoms with E-state index in [1.807, 2.05) is 6.08 Å². The first-order valence-electron chi connectivity index (χ1n) is 5.93. The van der Waals surface area contributed by atoms with E-state index in [1.165, 1.54) is 5.98 Å². The van der Waals surface area contributed by atoms with Crippen LogP contribution >= 0.6 is 0 Å². The fourth-order valence-corrected chi connectivity index (χ4v) is 1.00. The zero-order valence-corrected chi connectivity index (χ0v) is 11.1. The predicted octanol–water partition coefficient (Wildman–Crippen LogP) is 1.69. The van der Waals surface area contributed by atoms with Gasteiger partial charge in [-0.1, -0.05) is 25.8 Å². The quantitative estimate of drug-likeness (QED) is 0.531. The van der Waals surface area contributed by atoms with Gasteiger partial charge in [0.15, 0.2) is 0 Å². The summed E-state index contributed by atoms with van der Waals surface area (Å²) in [6.45, 7) is 8.83. The van der Waals surface area contributed by atoms with E-state index in [4.69, 9.17) is 4.65 Å². The van der Waals surface area contributed by atoms with Gasteiger partial charge >= 0.3 is 0 Å². The summed E-state index contributed by atoms with van der Waals surface area (Å²) in [4.78, 5) is 0. The van der Waals surface area contributed by atoms with Crippen molar-refractivity contribution in [3.8, 4) is 0 Å². The topological polar surface area (TPSA) is 52.5 Å². The van der Waals surface area contributed by atoms with Crippen molar-refractivity contribution in [3.63, 3.8) is 0 Å². The van der Waals surface area contributed by atoms with Crippen LogP contribution in [0.25, 0.3) is 0 Å². The SMILES string of the molecule is CCCC/C=C/B([O-])OC(C)(C)C(C)(C)O. The van der Waals surface area contributed by atoms with Gasteiger partial charge in [0.1, 0.15) is 0 Å². The lowest BCUT2D eigenvalue weighted by Gasteiger charge is -2.41. The highest BCUT2D eigenvalue weighted by atomic mass is 16.5. The van der Waals surface area contributed by atoms with Crippen molar-refractivity contribution < 1.29 is 14.8 Å². The van der Waals surface area contributed by atoms with Crippen molar-refractivity contribution >= 4 is 7.12 Å². The lowest BCUT2D eigenvalue weighted by molar-refractivity contribution is -0.239. The molecule has 94 valence electrons. The second-order valence-electron chi connectivity index (χ2n) is 5.13. The summed E-state index contributed by atoms with van der Waals surface area (Å²) in [6.07, 6.45) is 4.95. The van der Waals surface area contributed by atoms with Gasteiger partial charge in [-0.25, -0.2) is 0 Å². The molecule has 0 rings (SSSR count). The third-order valence-electron chi connectivity index (χ3n) is 2.90. The molecule has 3 nitrogen and oxygen atoms in total. The average Bonchev–Trinajstić information content (AvgIpc) is 2.10. The van der Waals surface area contributed by atoms with Gasteiger partial charge in [0, 0.05) is 0 Å². The number of allylic oxidation sites excluding steroid dienone is 1. The van der Waals surface area contributed by atoms with Crippen molar-refractivity contribution in [2.24, 2.45) is 0 Å². The van der Waals surface area contributed by atoms with Crippen LogP contribution in [-0.4, -0.2) is 23.4 Å². The Labute approximate surface area is 99.7 Å². The van der Waals surface area contributed by atoms with Gasteiger partial charge < -0.3 is 14.8 Å². The predicted molar refractivity (Wildman–Crippen MR) is 65.9 cm³/mol. The van der Waals surface area contributed by atoms with Gasteiger partial charge in [-0.2, -0.15) is 0 Å². The maximum atomic E-state index is 11.5. The lowest BCUT2D eigenvalue weighted by Crippen LogP contribution is -2.53. The van der Waals surface area contributed by atoms with Crippen LogP contribution in [0.3, 0.4) is 0 Å². The van der Waals surface area contributed by atoms with Crippen molar-refractivity contribution in [1.29, 1.82) is 0 Å². The molecule has 0 unspecified atom stereocenters. The Morgan fingerprint density at radius 3 is 2.31 bits per heavy atom. The molecule has 0 aliphatic heterocycles. The zero-order chi connectivity index (χ0) is 12.8. The third kappa shape index (κ3) is 5.68. The van der Waals surface area contributed by atoms with Gasteiger partial charge in [-0.05, 0) is 34.1 Å². The molecular weight excluding hydrogens is 203 g/mol. The highest BCUT2D eigenvalue weighted by Crippen LogP contribution is 2.25.